The lowest BCUT2D eigenvalue weighted by atomic mass is 10.0. The molecular formula is C12H19N3O3. The lowest BCUT2D eigenvalue weighted by Gasteiger charge is -2.13. The van der Waals surface area contributed by atoms with Crippen molar-refractivity contribution in [2.24, 2.45) is 5.92 Å². The van der Waals surface area contributed by atoms with Gasteiger partial charge < -0.3 is 10.4 Å². The number of hydrogen-bond acceptors (Lipinski definition) is 3. The Morgan fingerprint density at radius 1 is 1.50 bits per heavy atom. The van der Waals surface area contributed by atoms with Crippen LogP contribution in [0.4, 0.5) is 0 Å². The normalized spacial score (nSPS) is 12.1. The molecular weight excluding hydrogens is 234 g/mol. The third-order valence-electron chi connectivity index (χ3n) is 2.76. The van der Waals surface area contributed by atoms with Crippen LogP contribution in [0.15, 0.2) is 18.5 Å². The maximum atomic E-state index is 11.5. The van der Waals surface area contributed by atoms with Gasteiger partial charge in [-0.25, -0.2) is 0 Å². The lowest BCUT2D eigenvalue weighted by molar-refractivity contribution is -0.138. The molecule has 0 aliphatic rings. The maximum Gasteiger partial charge on any atom is 0.303 e. The highest BCUT2D eigenvalue weighted by Gasteiger charge is 2.12. The van der Waals surface area contributed by atoms with E-state index in [0.29, 0.717) is 19.5 Å². The monoisotopic (exact) mass is 253 g/mol. The number of carboxylic acid groups (broad SMARTS) is 1. The number of carboxylic acids is 1. The smallest absolute Gasteiger partial charge is 0.303 e. The number of carbonyl (C=O) groups is 2. The molecule has 1 atom stereocenters. The molecule has 1 rings (SSSR count). The summed E-state index contributed by atoms with van der Waals surface area (Å²) in [5.41, 5.74) is 0. The van der Waals surface area contributed by atoms with Crippen molar-refractivity contribution in [3.63, 3.8) is 0 Å². The predicted molar refractivity (Wildman–Crippen MR) is 65.9 cm³/mol. The highest BCUT2D eigenvalue weighted by Crippen LogP contribution is 2.06. The zero-order valence-electron chi connectivity index (χ0n) is 10.5. The molecule has 1 unspecified atom stereocenters. The van der Waals surface area contributed by atoms with Crippen LogP contribution in [-0.2, 0) is 16.1 Å². The van der Waals surface area contributed by atoms with Gasteiger partial charge in [0, 0.05) is 38.3 Å². The van der Waals surface area contributed by atoms with E-state index in [1.54, 1.807) is 23.1 Å². The Kier molecular flexibility index (Phi) is 5.90. The topological polar surface area (TPSA) is 84.2 Å². The molecule has 0 saturated carbocycles. The third kappa shape index (κ3) is 5.47. The molecule has 1 heterocycles. The molecule has 0 aliphatic heterocycles. The number of rotatable bonds is 8. The molecule has 6 nitrogen and oxygen atoms in total. The number of nitrogens with one attached hydrogen (secondary N) is 1. The summed E-state index contributed by atoms with van der Waals surface area (Å²) in [6.07, 6.45) is 4.65. The molecule has 0 bridgehead atoms. The summed E-state index contributed by atoms with van der Waals surface area (Å²) in [4.78, 5) is 22.1. The van der Waals surface area contributed by atoms with E-state index in [9.17, 15) is 9.59 Å². The Morgan fingerprint density at radius 2 is 2.28 bits per heavy atom. The van der Waals surface area contributed by atoms with Gasteiger partial charge in [-0.05, 0) is 12.0 Å². The van der Waals surface area contributed by atoms with Gasteiger partial charge >= 0.3 is 5.97 Å². The van der Waals surface area contributed by atoms with Crippen LogP contribution in [0.2, 0.25) is 0 Å². The zero-order valence-corrected chi connectivity index (χ0v) is 10.5. The van der Waals surface area contributed by atoms with Crippen molar-refractivity contribution in [2.45, 2.75) is 32.7 Å². The van der Waals surface area contributed by atoms with Crippen molar-refractivity contribution >= 4 is 11.9 Å². The van der Waals surface area contributed by atoms with E-state index in [2.05, 4.69) is 10.4 Å². The van der Waals surface area contributed by atoms with Gasteiger partial charge in [0.25, 0.3) is 0 Å². The highest BCUT2D eigenvalue weighted by atomic mass is 16.4. The standard InChI is InChI=1S/C12H19N3O3/c1-2-10(8-12(17)18)9-13-11(16)4-7-15-6-3-5-14-15/h3,5-6,10H,2,4,7-9H2,1H3,(H,13,16)(H,17,18). The molecule has 0 saturated heterocycles. The van der Waals surface area contributed by atoms with Gasteiger partial charge in [-0.1, -0.05) is 13.3 Å². The van der Waals surface area contributed by atoms with E-state index < -0.39 is 5.97 Å². The lowest BCUT2D eigenvalue weighted by Crippen LogP contribution is -2.30. The van der Waals surface area contributed by atoms with E-state index >= 15 is 0 Å². The molecule has 1 aromatic heterocycles. The first-order valence-corrected chi connectivity index (χ1v) is 6.07. The Morgan fingerprint density at radius 3 is 2.83 bits per heavy atom. The minimum absolute atomic E-state index is 0.00356. The van der Waals surface area contributed by atoms with Crippen LogP contribution in [0.5, 0.6) is 0 Å². The van der Waals surface area contributed by atoms with E-state index in [0.717, 1.165) is 6.42 Å². The molecule has 6 heteroatoms. The summed E-state index contributed by atoms with van der Waals surface area (Å²) in [6.45, 7) is 2.87. The molecule has 1 amide bonds. The zero-order chi connectivity index (χ0) is 13.4. The Balaban J connectivity index is 2.21. The van der Waals surface area contributed by atoms with Crippen LogP contribution in [0, 0.1) is 5.92 Å². The van der Waals surface area contributed by atoms with Crippen LogP contribution >= 0.6 is 0 Å². The number of aryl methyl sites for hydroxylation is 1. The van der Waals surface area contributed by atoms with Crippen LogP contribution in [-0.4, -0.2) is 33.3 Å². The molecule has 0 aliphatic carbocycles. The number of carbonyl (C=O) groups excluding carboxylic acids is 1. The first-order valence-electron chi connectivity index (χ1n) is 6.07. The van der Waals surface area contributed by atoms with Gasteiger partial charge in [-0.15, -0.1) is 0 Å². The summed E-state index contributed by atoms with van der Waals surface area (Å²) in [7, 11) is 0. The van der Waals surface area contributed by atoms with Crippen LogP contribution < -0.4 is 5.32 Å². The van der Waals surface area contributed by atoms with Gasteiger partial charge in [0.2, 0.25) is 5.91 Å². The fourth-order valence-corrected chi connectivity index (χ4v) is 1.60. The second kappa shape index (κ2) is 7.47. The van der Waals surface area contributed by atoms with Gasteiger partial charge in [0.1, 0.15) is 0 Å². The Labute approximate surface area is 106 Å². The van der Waals surface area contributed by atoms with Crippen molar-refractivity contribution in [1.82, 2.24) is 15.1 Å². The van der Waals surface area contributed by atoms with Crippen molar-refractivity contribution in [2.75, 3.05) is 6.54 Å². The summed E-state index contributed by atoms with van der Waals surface area (Å²) in [5, 5.41) is 15.4. The second-order valence-corrected chi connectivity index (χ2v) is 4.20. The van der Waals surface area contributed by atoms with Gasteiger partial charge in [0.05, 0.1) is 0 Å². The molecule has 1 aromatic rings. The fourth-order valence-electron chi connectivity index (χ4n) is 1.60. The first kappa shape index (κ1) is 14.2. The molecule has 0 aromatic carbocycles. The Hall–Kier alpha value is -1.85. The number of aromatic nitrogens is 2. The minimum atomic E-state index is -0.826. The highest BCUT2D eigenvalue weighted by molar-refractivity contribution is 5.75. The van der Waals surface area contributed by atoms with E-state index in [-0.39, 0.29) is 18.2 Å². The van der Waals surface area contributed by atoms with Crippen LogP contribution in [0.1, 0.15) is 26.2 Å². The summed E-state index contributed by atoms with van der Waals surface area (Å²) >= 11 is 0. The molecule has 100 valence electrons. The van der Waals surface area contributed by atoms with Gasteiger partial charge in [0.15, 0.2) is 0 Å². The SMILES string of the molecule is CCC(CNC(=O)CCn1cccn1)CC(=O)O. The van der Waals surface area contributed by atoms with Gasteiger partial charge in [-0.2, -0.15) is 5.10 Å². The summed E-state index contributed by atoms with van der Waals surface area (Å²) in [6, 6.07) is 1.80. The average Bonchev–Trinajstić information content (AvgIpc) is 2.84. The van der Waals surface area contributed by atoms with Crippen molar-refractivity contribution < 1.29 is 14.7 Å². The number of nitrogens with zero attached hydrogens (tertiary/aromatic N) is 2. The van der Waals surface area contributed by atoms with Crippen LogP contribution in [0.25, 0.3) is 0 Å². The van der Waals surface area contributed by atoms with E-state index in [4.69, 9.17) is 5.11 Å². The number of amides is 1. The maximum absolute atomic E-state index is 11.5. The predicted octanol–water partition coefficient (Wildman–Crippen LogP) is 0.890. The van der Waals surface area contributed by atoms with Crippen LogP contribution in [0.3, 0.4) is 0 Å². The molecule has 0 spiro atoms. The third-order valence-corrected chi connectivity index (χ3v) is 2.76. The van der Waals surface area contributed by atoms with Crippen molar-refractivity contribution in [1.29, 1.82) is 0 Å². The van der Waals surface area contributed by atoms with E-state index in [1.807, 2.05) is 6.92 Å². The average molecular weight is 253 g/mol. The molecule has 0 fully saturated rings. The first-order chi connectivity index (χ1) is 8.61. The molecule has 18 heavy (non-hydrogen) atoms. The second-order valence-electron chi connectivity index (χ2n) is 4.20. The van der Waals surface area contributed by atoms with E-state index in [1.165, 1.54) is 0 Å². The largest absolute Gasteiger partial charge is 0.481 e. The number of aliphatic carboxylic acids is 1. The summed E-state index contributed by atoms with van der Waals surface area (Å²) < 4.78 is 1.69. The van der Waals surface area contributed by atoms with Crippen molar-refractivity contribution in [3.05, 3.63) is 18.5 Å². The number of hydrogen-bond donors (Lipinski definition) is 2. The minimum Gasteiger partial charge on any atom is -0.481 e. The fraction of sp³-hybridized carbons (Fsp3) is 0.583. The molecule has 0 radical (unpaired) electrons. The quantitative estimate of drug-likeness (QED) is 0.720. The molecule has 2 N–H and O–H groups in total. The van der Waals surface area contributed by atoms with Gasteiger partial charge in [-0.3, -0.25) is 14.3 Å². The van der Waals surface area contributed by atoms with Crippen molar-refractivity contribution in [3.8, 4) is 0 Å². The Bertz CT molecular complexity index is 376. The summed E-state index contributed by atoms with van der Waals surface area (Å²) in [5.74, 6) is -0.905.